The number of benzene rings is 1. The van der Waals surface area contributed by atoms with Crippen molar-refractivity contribution < 1.29 is 38.3 Å². The molecule has 0 unspecified atom stereocenters. The van der Waals surface area contributed by atoms with E-state index < -0.39 is 76.1 Å². The Morgan fingerprint density at radius 1 is 0.948 bits per heavy atom. The Morgan fingerprint density at radius 3 is 2.07 bits per heavy atom. The molecule has 0 bridgehead atoms. The van der Waals surface area contributed by atoms with Gasteiger partial charge in [-0.25, -0.2) is 4.79 Å². The van der Waals surface area contributed by atoms with Crippen molar-refractivity contribution in [2.24, 2.45) is 11.3 Å². The summed E-state index contributed by atoms with van der Waals surface area (Å²) in [6.45, 7) is 19.7. The van der Waals surface area contributed by atoms with Crippen LogP contribution in [0.1, 0.15) is 100 Å². The number of hydrogen-bond donors (Lipinski definition) is 4. The maximum atomic E-state index is 14.4. The number of carbonyl (C=O) groups is 7. The van der Waals surface area contributed by atoms with E-state index in [1.165, 1.54) is 4.90 Å². The van der Waals surface area contributed by atoms with Crippen LogP contribution in [0.4, 0.5) is 0 Å². The first-order chi connectivity index (χ1) is 26.7. The monoisotopic (exact) mass is 805 g/mol. The van der Waals surface area contributed by atoms with Crippen molar-refractivity contribution in [3.05, 3.63) is 59.2 Å². The van der Waals surface area contributed by atoms with Gasteiger partial charge in [-0.05, 0) is 70.2 Å². The number of nitriles is 1. The first-order valence-corrected chi connectivity index (χ1v) is 19.5. The van der Waals surface area contributed by atoms with Crippen molar-refractivity contribution in [3.63, 3.8) is 0 Å². The number of hydrogen-bond acceptors (Lipinski definition) is 10. The van der Waals surface area contributed by atoms with Gasteiger partial charge in [0.1, 0.15) is 17.7 Å². The Morgan fingerprint density at radius 2 is 1.55 bits per heavy atom. The Labute approximate surface area is 343 Å². The summed E-state index contributed by atoms with van der Waals surface area (Å²) in [6.07, 6.45) is 3.67. The van der Waals surface area contributed by atoms with E-state index in [0.717, 1.165) is 22.6 Å². The van der Waals surface area contributed by atoms with Gasteiger partial charge in [0.05, 0.1) is 23.7 Å². The largest absolute Gasteiger partial charge is 0.458 e. The SMILES string of the molecule is CN[C@H](C(=O)N[C@H](C(=O)N(C)[C@H](/C=C(\C)C(=O)N[C@H](CCC(=O)NCCN1C(=O)C=CC1=O)C(=O)OC(C)(C)C)C(C)C)C(C)(C)C)C(C)(C)c1cccc(C#N)c1. The molecular formula is C43H63N7O8. The number of amides is 6. The quantitative estimate of drug-likeness (QED) is 0.0970. The molecule has 318 valence electrons. The molecule has 1 aliphatic rings. The lowest BCUT2D eigenvalue weighted by Crippen LogP contribution is -2.61. The van der Waals surface area contributed by atoms with Crippen LogP contribution in [-0.2, 0) is 43.7 Å². The van der Waals surface area contributed by atoms with E-state index >= 15 is 0 Å². The van der Waals surface area contributed by atoms with E-state index in [1.54, 1.807) is 66.1 Å². The topological polar surface area (TPSA) is 207 Å². The van der Waals surface area contributed by atoms with Crippen molar-refractivity contribution in [2.45, 2.75) is 124 Å². The van der Waals surface area contributed by atoms with Gasteiger partial charge < -0.3 is 30.9 Å². The van der Waals surface area contributed by atoms with E-state index in [2.05, 4.69) is 27.3 Å². The van der Waals surface area contributed by atoms with E-state index in [4.69, 9.17) is 4.74 Å². The fraction of sp³-hybridized carbons (Fsp3) is 0.581. The smallest absolute Gasteiger partial charge is 0.329 e. The minimum atomic E-state index is -1.20. The lowest BCUT2D eigenvalue weighted by atomic mass is 9.76. The third-order valence-corrected chi connectivity index (χ3v) is 9.88. The van der Waals surface area contributed by atoms with Crippen LogP contribution < -0.4 is 21.3 Å². The number of carbonyl (C=O) groups excluding carboxylic acids is 7. The molecule has 2 rings (SSSR count). The molecule has 0 aromatic heterocycles. The zero-order valence-corrected chi connectivity index (χ0v) is 36.4. The molecular weight excluding hydrogens is 743 g/mol. The first-order valence-electron chi connectivity index (χ1n) is 19.5. The molecule has 0 radical (unpaired) electrons. The van der Waals surface area contributed by atoms with Crippen LogP contribution in [0.5, 0.6) is 0 Å². The standard InChI is InChI=1S/C43H63N7O8/c1-26(2)31(49(13)39(56)36(41(4,5)6)48-38(55)35(45-12)43(10,11)29-16-14-15-28(24-29)25-44)23-27(3)37(54)47-30(40(57)58-42(7,8)9)17-18-32(51)46-21-22-50-33(52)19-20-34(50)53/h14-16,19-20,23-24,26,30-31,35-36,45H,17-18,21-22H2,1-13H3,(H,46,51)(H,47,54)(H,48,55)/b27-23+/t30-,31-,35-,36-/m1/s1. The van der Waals surface area contributed by atoms with E-state index in [-0.39, 0.29) is 43.3 Å². The van der Waals surface area contributed by atoms with E-state index in [9.17, 15) is 38.8 Å². The van der Waals surface area contributed by atoms with Crippen LogP contribution in [0.25, 0.3) is 0 Å². The van der Waals surface area contributed by atoms with Crippen molar-refractivity contribution in [3.8, 4) is 6.07 Å². The Balaban J connectivity index is 2.27. The van der Waals surface area contributed by atoms with Crippen LogP contribution in [0.15, 0.2) is 48.1 Å². The van der Waals surface area contributed by atoms with Crippen LogP contribution >= 0.6 is 0 Å². The second-order valence-corrected chi connectivity index (χ2v) is 17.6. The summed E-state index contributed by atoms with van der Waals surface area (Å²) < 4.78 is 5.55. The molecule has 1 aliphatic heterocycles. The van der Waals surface area contributed by atoms with Crippen LogP contribution in [0, 0.1) is 22.7 Å². The summed E-state index contributed by atoms with van der Waals surface area (Å²) >= 11 is 0. The highest BCUT2D eigenvalue weighted by Gasteiger charge is 2.42. The van der Waals surface area contributed by atoms with Gasteiger partial charge in [-0.15, -0.1) is 0 Å². The minimum absolute atomic E-state index is 0.0116. The van der Waals surface area contributed by atoms with Gasteiger partial charge >= 0.3 is 5.97 Å². The van der Waals surface area contributed by atoms with Crippen LogP contribution in [-0.4, -0.2) is 108 Å². The molecule has 6 amide bonds. The second kappa shape index (κ2) is 20.4. The molecule has 1 heterocycles. The molecule has 15 nitrogen and oxygen atoms in total. The van der Waals surface area contributed by atoms with Crippen LogP contribution in [0.2, 0.25) is 0 Å². The fourth-order valence-corrected chi connectivity index (χ4v) is 6.50. The van der Waals surface area contributed by atoms with Gasteiger partial charge in [0.2, 0.25) is 23.6 Å². The molecule has 4 atom stereocenters. The average molecular weight is 806 g/mol. The molecule has 4 N–H and O–H groups in total. The molecule has 58 heavy (non-hydrogen) atoms. The third-order valence-electron chi connectivity index (χ3n) is 9.88. The van der Waals surface area contributed by atoms with Crippen molar-refractivity contribution in [1.82, 2.24) is 31.1 Å². The number of likely N-dealkylation sites (N-methyl/N-ethyl adjacent to an activating group) is 2. The number of imide groups is 1. The van der Waals surface area contributed by atoms with Gasteiger partial charge in [0.25, 0.3) is 11.8 Å². The highest BCUT2D eigenvalue weighted by Crippen LogP contribution is 2.30. The van der Waals surface area contributed by atoms with E-state index in [1.807, 2.05) is 54.5 Å². The van der Waals surface area contributed by atoms with Gasteiger partial charge in [0, 0.05) is 49.7 Å². The number of rotatable bonds is 18. The van der Waals surface area contributed by atoms with Crippen LogP contribution in [0.3, 0.4) is 0 Å². The molecule has 0 saturated heterocycles. The fourth-order valence-electron chi connectivity index (χ4n) is 6.50. The zero-order chi connectivity index (χ0) is 44.3. The Hall–Kier alpha value is -5.36. The molecule has 0 fully saturated rings. The maximum absolute atomic E-state index is 14.4. The molecule has 15 heteroatoms. The number of esters is 1. The molecule has 0 spiro atoms. The van der Waals surface area contributed by atoms with Gasteiger partial charge in [-0.2, -0.15) is 5.26 Å². The van der Waals surface area contributed by atoms with Crippen molar-refractivity contribution in [2.75, 3.05) is 27.2 Å². The molecule has 0 aliphatic carbocycles. The highest BCUT2D eigenvalue weighted by molar-refractivity contribution is 6.12. The third kappa shape index (κ3) is 13.6. The summed E-state index contributed by atoms with van der Waals surface area (Å²) in [5.41, 5.74) is -0.936. The Bertz CT molecular complexity index is 1790. The molecule has 0 saturated carbocycles. The predicted molar refractivity (Wildman–Crippen MR) is 219 cm³/mol. The summed E-state index contributed by atoms with van der Waals surface area (Å²) in [5.74, 6) is -3.71. The molecule has 1 aromatic carbocycles. The lowest BCUT2D eigenvalue weighted by molar-refractivity contribution is -0.158. The number of nitrogens with zero attached hydrogens (tertiary/aromatic N) is 3. The number of ether oxygens (including phenoxy) is 1. The van der Waals surface area contributed by atoms with Crippen molar-refractivity contribution in [1.29, 1.82) is 5.26 Å². The second-order valence-electron chi connectivity index (χ2n) is 17.6. The average Bonchev–Trinajstić information content (AvgIpc) is 3.44. The molecule has 1 aromatic rings. The normalized spacial score (nSPS) is 15.6. The first kappa shape index (κ1) is 48.8. The summed E-state index contributed by atoms with van der Waals surface area (Å²) in [6, 6.07) is 5.64. The summed E-state index contributed by atoms with van der Waals surface area (Å²) in [7, 11) is 3.28. The zero-order valence-electron chi connectivity index (χ0n) is 36.4. The van der Waals surface area contributed by atoms with E-state index in [0.29, 0.717) is 5.56 Å². The predicted octanol–water partition coefficient (Wildman–Crippen LogP) is 3.03. The maximum Gasteiger partial charge on any atom is 0.329 e. The lowest BCUT2D eigenvalue weighted by Gasteiger charge is -2.40. The summed E-state index contributed by atoms with van der Waals surface area (Å²) in [5, 5.41) is 20.9. The number of nitrogens with one attached hydrogen (secondary N) is 4. The minimum Gasteiger partial charge on any atom is -0.458 e. The Kier molecular flexibility index (Phi) is 17.1. The summed E-state index contributed by atoms with van der Waals surface area (Å²) in [4.78, 5) is 94.0. The van der Waals surface area contributed by atoms with Crippen molar-refractivity contribution >= 4 is 41.4 Å². The van der Waals surface area contributed by atoms with Gasteiger partial charge in [0.15, 0.2) is 0 Å². The van der Waals surface area contributed by atoms with Gasteiger partial charge in [-0.1, -0.05) is 66.7 Å². The van der Waals surface area contributed by atoms with Gasteiger partial charge in [-0.3, -0.25) is 33.7 Å². The highest BCUT2D eigenvalue weighted by atomic mass is 16.6.